The standard InChI is InChI=1S/C23H28N2O3S/c1-16(2)24-22(26)23(13-14-23)19-8-10-20(11-9-19)25-29(27,28)21-12-7-17-5-3-4-6-18(17)15-21/h7-12,15-16,25H,3-6,13-14H2,1-2H3,(H,24,26). The van der Waals surface area contributed by atoms with E-state index >= 15 is 0 Å². The van der Waals surface area contributed by atoms with Crippen molar-refractivity contribution in [1.29, 1.82) is 0 Å². The number of nitrogens with one attached hydrogen (secondary N) is 2. The molecule has 4 rings (SSSR count). The molecule has 2 aliphatic rings. The first-order valence-corrected chi connectivity index (χ1v) is 11.8. The number of sulfonamides is 1. The van der Waals surface area contributed by atoms with Crippen LogP contribution in [-0.2, 0) is 33.1 Å². The molecule has 154 valence electrons. The summed E-state index contributed by atoms with van der Waals surface area (Å²) in [5, 5.41) is 2.99. The molecule has 0 spiro atoms. The first kappa shape index (κ1) is 20.0. The molecular weight excluding hydrogens is 384 g/mol. The van der Waals surface area contributed by atoms with Crippen molar-refractivity contribution in [1.82, 2.24) is 5.32 Å². The lowest BCUT2D eigenvalue weighted by atomic mass is 9.92. The first-order chi connectivity index (χ1) is 13.8. The van der Waals surface area contributed by atoms with Gasteiger partial charge in [-0.05, 0) is 93.3 Å². The van der Waals surface area contributed by atoms with E-state index in [1.54, 1.807) is 24.3 Å². The zero-order valence-corrected chi connectivity index (χ0v) is 17.8. The van der Waals surface area contributed by atoms with E-state index in [0.29, 0.717) is 10.6 Å². The summed E-state index contributed by atoms with van der Waals surface area (Å²) in [6.07, 6.45) is 5.89. The van der Waals surface area contributed by atoms with E-state index in [2.05, 4.69) is 10.0 Å². The zero-order chi connectivity index (χ0) is 20.6. The molecule has 0 unspecified atom stereocenters. The Morgan fingerprint density at radius 2 is 1.62 bits per heavy atom. The molecule has 2 aromatic carbocycles. The van der Waals surface area contributed by atoms with Crippen molar-refractivity contribution in [3.63, 3.8) is 0 Å². The summed E-state index contributed by atoms with van der Waals surface area (Å²) < 4.78 is 28.3. The molecule has 29 heavy (non-hydrogen) atoms. The maximum absolute atomic E-state index is 12.8. The Morgan fingerprint density at radius 1 is 0.966 bits per heavy atom. The molecule has 0 atom stereocenters. The smallest absolute Gasteiger partial charge is 0.261 e. The Labute approximate surface area is 173 Å². The molecule has 2 N–H and O–H groups in total. The van der Waals surface area contributed by atoms with Gasteiger partial charge in [-0.3, -0.25) is 9.52 Å². The van der Waals surface area contributed by atoms with Gasteiger partial charge in [0.2, 0.25) is 5.91 Å². The largest absolute Gasteiger partial charge is 0.353 e. The van der Waals surface area contributed by atoms with Crippen LogP contribution >= 0.6 is 0 Å². The Bertz CT molecular complexity index is 1020. The summed E-state index contributed by atoms with van der Waals surface area (Å²) in [4.78, 5) is 12.8. The molecule has 0 bridgehead atoms. The number of fused-ring (bicyclic) bond motifs is 1. The van der Waals surface area contributed by atoms with Crippen LogP contribution in [0.3, 0.4) is 0 Å². The molecule has 1 amide bonds. The van der Waals surface area contributed by atoms with Gasteiger partial charge in [0, 0.05) is 11.7 Å². The van der Waals surface area contributed by atoms with Gasteiger partial charge in [-0.25, -0.2) is 8.42 Å². The third-order valence-corrected chi connectivity index (χ3v) is 7.30. The number of amides is 1. The van der Waals surface area contributed by atoms with Crippen molar-refractivity contribution in [2.75, 3.05) is 4.72 Å². The van der Waals surface area contributed by atoms with Gasteiger partial charge in [-0.15, -0.1) is 0 Å². The summed E-state index contributed by atoms with van der Waals surface area (Å²) in [5.41, 5.74) is 3.38. The first-order valence-electron chi connectivity index (χ1n) is 10.4. The fourth-order valence-corrected chi connectivity index (χ4v) is 5.23. The minimum atomic E-state index is -3.64. The van der Waals surface area contributed by atoms with Crippen molar-refractivity contribution in [2.24, 2.45) is 0 Å². The van der Waals surface area contributed by atoms with E-state index in [0.717, 1.165) is 43.2 Å². The average Bonchev–Trinajstić information content (AvgIpc) is 3.49. The van der Waals surface area contributed by atoms with E-state index < -0.39 is 15.4 Å². The van der Waals surface area contributed by atoms with Crippen LogP contribution in [0, 0.1) is 0 Å². The molecule has 0 aliphatic heterocycles. The topological polar surface area (TPSA) is 75.3 Å². The monoisotopic (exact) mass is 412 g/mol. The lowest BCUT2D eigenvalue weighted by Gasteiger charge is -2.19. The number of carbonyl (C=O) groups excluding carboxylic acids is 1. The highest BCUT2D eigenvalue weighted by atomic mass is 32.2. The molecule has 0 radical (unpaired) electrons. The van der Waals surface area contributed by atoms with Gasteiger partial charge in [0.25, 0.3) is 10.0 Å². The van der Waals surface area contributed by atoms with E-state index in [4.69, 9.17) is 0 Å². The third kappa shape index (κ3) is 4.04. The molecule has 2 aliphatic carbocycles. The highest BCUT2D eigenvalue weighted by Gasteiger charge is 2.51. The molecule has 2 aromatic rings. The highest BCUT2D eigenvalue weighted by molar-refractivity contribution is 7.92. The number of anilines is 1. The van der Waals surface area contributed by atoms with Gasteiger partial charge in [0.15, 0.2) is 0 Å². The molecule has 0 heterocycles. The zero-order valence-electron chi connectivity index (χ0n) is 17.0. The Balaban J connectivity index is 1.51. The highest BCUT2D eigenvalue weighted by Crippen LogP contribution is 2.48. The Morgan fingerprint density at radius 3 is 2.24 bits per heavy atom. The normalized spacial score (nSPS) is 17.5. The van der Waals surface area contributed by atoms with Gasteiger partial charge in [0.1, 0.15) is 0 Å². The van der Waals surface area contributed by atoms with Crippen LogP contribution in [0.25, 0.3) is 0 Å². The second kappa shape index (κ2) is 7.48. The van der Waals surface area contributed by atoms with Crippen LogP contribution in [0.15, 0.2) is 47.4 Å². The van der Waals surface area contributed by atoms with Gasteiger partial charge in [0.05, 0.1) is 10.3 Å². The summed E-state index contributed by atoms with van der Waals surface area (Å²) in [7, 11) is -3.64. The third-order valence-electron chi connectivity index (χ3n) is 5.92. The van der Waals surface area contributed by atoms with Crippen LogP contribution in [0.4, 0.5) is 5.69 Å². The minimum Gasteiger partial charge on any atom is -0.353 e. The number of aryl methyl sites for hydroxylation is 2. The predicted molar refractivity (Wildman–Crippen MR) is 115 cm³/mol. The van der Waals surface area contributed by atoms with Gasteiger partial charge in [-0.1, -0.05) is 18.2 Å². The van der Waals surface area contributed by atoms with Crippen LogP contribution < -0.4 is 10.0 Å². The Kier molecular flexibility index (Phi) is 5.15. The maximum Gasteiger partial charge on any atom is 0.261 e. The fraction of sp³-hybridized carbons (Fsp3) is 0.435. The molecule has 0 saturated heterocycles. The Hall–Kier alpha value is -2.34. The van der Waals surface area contributed by atoms with Crippen molar-refractivity contribution < 1.29 is 13.2 Å². The summed E-state index contributed by atoms with van der Waals surface area (Å²) in [6.45, 7) is 3.90. The SMILES string of the molecule is CC(C)NC(=O)C1(c2ccc(NS(=O)(=O)c3ccc4c(c3)CCCC4)cc2)CC1. The van der Waals surface area contributed by atoms with Crippen LogP contribution in [0.1, 0.15) is 56.2 Å². The summed E-state index contributed by atoms with van der Waals surface area (Å²) in [6, 6.07) is 12.7. The fourth-order valence-electron chi connectivity index (χ4n) is 4.12. The van der Waals surface area contributed by atoms with E-state index in [-0.39, 0.29) is 11.9 Å². The number of hydrogen-bond donors (Lipinski definition) is 2. The summed E-state index contributed by atoms with van der Waals surface area (Å²) >= 11 is 0. The van der Waals surface area contributed by atoms with E-state index in [9.17, 15) is 13.2 Å². The maximum atomic E-state index is 12.8. The quantitative estimate of drug-likeness (QED) is 0.755. The van der Waals surface area contributed by atoms with Crippen LogP contribution in [0.5, 0.6) is 0 Å². The van der Waals surface area contributed by atoms with Gasteiger partial charge >= 0.3 is 0 Å². The number of rotatable bonds is 6. The lowest BCUT2D eigenvalue weighted by Crippen LogP contribution is -2.38. The minimum absolute atomic E-state index is 0.0508. The number of carbonyl (C=O) groups is 1. The number of benzene rings is 2. The van der Waals surface area contributed by atoms with E-state index in [1.807, 2.05) is 32.0 Å². The molecule has 1 fully saturated rings. The molecule has 6 heteroatoms. The molecular formula is C23H28N2O3S. The van der Waals surface area contributed by atoms with E-state index in [1.165, 1.54) is 12.0 Å². The predicted octanol–water partition coefficient (Wildman–Crippen LogP) is 3.92. The van der Waals surface area contributed by atoms with Crippen molar-refractivity contribution in [3.8, 4) is 0 Å². The van der Waals surface area contributed by atoms with Gasteiger partial charge in [-0.2, -0.15) is 0 Å². The van der Waals surface area contributed by atoms with Gasteiger partial charge < -0.3 is 5.32 Å². The van der Waals surface area contributed by atoms with Crippen LogP contribution in [-0.4, -0.2) is 20.4 Å². The van der Waals surface area contributed by atoms with Crippen molar-refractivity contribution in [3.05, 3.63) is 59.2 Å². The van der Waals surface area contributed by atoms with Crippen LogP contribution in [0.2, 0.25) is 0 Å². The second-order valence-electron chi connectivity index (χ2n) is 8.53. The second-order valence-corrected chi connectivity index (χ2v) is 10.2. The molecule has 0 aromatic heterocycles. The average molecular weight is 413 g/mol. The molecule has 1 saturated carbocycles. The molecule has 5 nitrogen and oxygen atoms in total. The number of hydrogen-bond acceptors (Lipinski definition) is 3. The lowest BCUT2D eigenvalue weighted by molar-refractivity contribution is -0.124. The van der Waals surface area contributed by atoms with Crippen molar-refractivity contribution in [2.45, 2.75) is 68.7 Å². The summed E-state index contributed by atoms with van der Waals surface area (Å²) in [5.74, 6) is 0.0508. The van der Waals surface area contributed by atoms with Crippen molar-refractivity contribution >= 4 is 21.6 Å².